The van der Waals surface area contributed by atoms with Crippen LogP contribution in [0, 0.1) is 5.92 Å². The Morgan fingerprint density at radius 2 is 2.05 bits per heavy atom. The van der Waals surface area contributed by atoms with Crippen molar-refractivity contribution in [1.29, 1.82) is 0 Å². The number of halogens is 2. The quantitative estimate of drug-likeness (QED) is 0.616. The SMILES string of the molecule is O=C1NC(=O)C2(Cl)C1CCC(Cl)C2c1cccc(O)c1. The summed E-state index contributed by atoms with van der Waals surface area (Å²) in [6.07, 6.45) is 1.09. The van der Waals surface area contributed by atoms with Gasteiger partial charge in [-0.15, -0.1) is 23.2 Å². The molecule has 4 nitrogen and oxygen atoms in total. The predicted molar refractivity (Wildman–Crippen MR) is 74.9 cm³/mol. The molecule has 3 rings (SSSR count). The fraction of sp³-hybridized carbons (Fsp3) is 0.429. The summed E-state index contributed by atoms with van der Waals surface area (Å²) < 4.78 is 0. The van der Waals surface area contributed by atoms with Crippen molar-refractivity contribution in [2.24, 2.45) is 5.92 Å². The first-order chi connectivity index (χ1) is 9.44. The third-order valence-electron chi connectivity index (χ3n) is 4.18. The average Bonchev–Trinajstić information content (AvgIpc) is 2.59. The number of alkyl halides is 2. The lowest BCUT2D eigenvalue weighted by Gasteiger charge is -2.41. The minimum Gasteiger partial charge on any atom is -0.508 e. The van der Waals surface area contributed by atoms with Gasteiger partial charge >= 0.3 is 0 Å². The molecule has 1 saturated heterocycles. The molecule has 0 radical (unpaired) electrons. The van der Waals surface area contributed by atoms with Gasteiger partial charge in [0.1, 0.15) is 10.6 Å². The van der Waals surface area contributed by atoms with Gasteiger partial charge in [0, 0.05) is 11.3 Å². The molecule has 106 valence electrons. The van der Waals surface area contributed by atoms with E-state index in [9.17, 15) is 14.7 Å². The van der Waals surface area contributed by atoms with Crippen LogP contribution in [-0.4, -0.2) is 27.2 Å². The molecule has 1 heterocycles. The Hall–Kier alpha value is -1.26. The van der Waals surface area contributed by atoms with Crippen molar-refractivity contribution in [2.75, 3.05) is 0 Å². The number of hydrogen-bond donors (Lipinski definition) is 2. The number of carbonyl (C=O) groups is 2. The van der Waals surface area contributed by atoms with Gasteiger partial charge < -0.3 is 5.11 Å². The Morgan fingerprint density at radius 3 is 2.75 bits per heavy atom. The number of phenols is 1. The van der Waals surface area contributed by atoms with E-state index in [2.05, 4.69) is 5.32 Å². The zero-order chi connectivity index (χ0) is 14.5. The van der Waals surface area contributed by atoms with Crippen LogP contribution >= 0.6 is 23.2 Å². The smallest absolute Gasteiger partial charge is 0.249 e. The largest absolute Gasteiger partial charge is 0.508 e. The van der Waals surface area contributed by atoms with Crippen molar-refractivity contribution >= 4 is 35.0 Å². The second-order valence-electron chi connectivity index (χ2n) is 5.31. The molecule has 6 heteroatoms. The van der Waals surface area contributed by atoms with Crippen LogP contribution in [0.1, 0.15) is 24.3 Å². The molecule has 4 atom stereocenters. The van der Waals surface area contributed by atoms with E-state index in [1.165, 1.54) is 6.07 Å². The van der Waals surface area contributed by atoms with E-state index < -0.39 is 22.6 Å². The fourth-order valence-corrected chi connectivity index (χ4v) is 4.34. The molecule has 1 aromatic rings. The first kappa shape index (κ1) is 13.7. The molecule has 1 saturated carbocycles. The van der Waals surface area contributed by atoms with E-state index in [0.717, 1.165) is 0 Å². The van der Waals surface area contributed by atoms with Gasteiger partial charge in [0.25, 0.3) is 0 Å². The summed E-state index contributed by atoms with van der Waals surface area (Å²) in [5, 5.41) is 11.6. The average molecular weight is 314 g/mol. The van der Waals surface area contributed by atoms with Crippen LogP contribution in [0.15, 0.2) is 24.3 Å². The lowest BCUT2D eigenvalue weighted by molar-refractivity contribution is -0.126. The summed E-state index contributed by atoms with van der Waals surface area (Å²) >= 11 is 12.9. The highest BCUT2D eigenvalue weighted by molar-refractivity contribution is 6.41. The third-order valence-corrected chi connectivity index (χ3v) is 5.32. The van der Waals surface area contributed by atoms with Crippen LogP contribution in [-0.2, 0) is 9.59 Å². The topological polar surface area (TPSA) is 66.4 Å². The first-order valence-electron chi connectivity index (χ1n) is 6.41. The molecule has 1 aromatic carbocycles. The fourth-order valence-electron chi connectivity index (χ4n) is 3.27. The Bertz CT molecular complexity index is 592. The van der Waals surface area contributed by atoms with Crippen molar-refractivity contribution in [2.45, 2.75) is 29.0 Å². The maximum atomic E-state index is 12.2. The van der Waals surface area contributed by atoms with E-state index in [0.29, 0.717) is 18.4 Å². The molecule has 4 unspecified atom stereocenters. The van der Waals surface area contributed by atoms with Gasteiger partial charge in [0.05, 0.1) is 5.92 Å². The number of rotatable bonds is 1. The molecular weight excluding hydrogens is 301 g/mol. The summed E-state index contributed by atoms with van der Waals surface area (Å²) in [6, 6.07) is 6.52. The number of aromatic hydroxyl groups is 1. The maximum absolute atomic E-state index is 12.2. The molecule has 2 N–H and O–H groups in total. The van der Waals surface area contributed by atoms with Crippen LogP contribution in [0.25, 0.3) is 0 Å². The molecule has 2 fully saturated rings. The Labute approximate surface area is 126 Å². The van der Waals surface area contributed by atoms with E-state index in [4.69, 9.17) is 23.2 Å². The number of benzene rings is 1. The first-order valence-corrected chi connectivity index (χ1v) is 7.23. The van der Waals surface area contributed by atoms with Crippen LogP contribution in [0.2, 0.25) is 0 Å². The van der Waals surface area contributed by atoms with Crippen molar-refractivity contribution in [3.63, 3.8) is 0 Å². The second-order valence-corrected chi connectivity index (χ2v) is 6.49. The number of fused-ring (bicyclic) bond motifs is 1. The Balaban J connectivity index is 2.11. The van der Waals surface area contributed by atoms with Gasteiger partial charge in [-0.05, 0) is 30.5 Å². The van der Waals surface area contributed by atoms with Crippen molar-refractivity contribution < 1.29 is 14.7 Å². The van der Waals surface area contributed by atoms with Crippen LogP contribution in [0.4, 0.5) is 0 Å². The molecule has 20 heavy (non-hydrogen) atoms. The van der Waals surface area contributed by atoms with E-state index in [1.54, 1.807) is 18.2 Å². The standard InChI is InChI=1S/C14H13Cl2NO3/c15-10-5-4-9-12(19)17-13(20)14(9,16)11(10)7-2-1-3-8(18)6-7/h1-3,6,9-11,18H,4-5H2,(H,17,19,20). The van der Waals surface area contributed by atoms with Gasteiger partial charge in [-0.25, -0.2) is 0 Å². The number of amides is 2. The van der Waals surface area contributed by atoms with Crippen LogP contribution < -0.4 is 5.32 Å². The summed E-state index contributed by atoms with van der Waals surface area (Å²) in [5.41, 5.74) is 0.676. The highest BCUT2D eigenvalue weighted by atomic mass is 35.5. The monoisotopic (exact) mass is 313 g/mol. The zero-order valence-corrected chi connectivity index (χ0v) is 12.0. The number of nitrogens with one attached hydrogen (secondary N) is 1. The minimum atomic E-state index is -1.37. The molecule has 0 aromatic heterocycles. The molecule has 0 spiro atoms. The molecule has 2 amide bonds. The van der Waals surface area contributed by atoms with E-state index >= 15 is 0 Å². The van der Waals surface area contributed by atoms with Gasteiger partial charge in [0.2, 0.25) is 11.8 Å². The van der Waals surface area contributed by atoms with E-state index in [1.807, 2.05) is 0 Å². The maximum Gasteiger partial charge on any atom is 0.249 e. The van der Waals surface area contributed by atoms with Crippen molar-refractivity contribution in [3.8, 4) is 5.75 Å². The summed E-state index contributed by atoms with van der Waals surface area (Å²) in [4.78, 5) is 22.7. The number of imide groups is 1. The normalized spacial score (nSPS) is 36.6. The molecule has 0 bridgehead atoms. The van der Waals surface area contributed by atoms with Gasteiger partial charge in [-0.1, -0.05) is 12.1 Å². The second kappa shape index (κ2) is 4.64. The lowest BCUT2D eigenvalue weighted by Crippen LogP contribution is -2.49. The van der Waals surface area contributed by atoms with E-state index in [-0.39, 0.29) is 17.0 Å². The Morgan fingerprint density at radius 1 is 1.30 bits per heavy atom. The lowest BCUT2D eigenvalue weighted by atomic mass is 9.69. The van der Waals surface area contributed by atoms with Gasteiger partial charge in [0.15, 0.2) is 0 Å². The van der Waals surface area contributed by atoms with Crippen LogP contribution in [0.5, 0.6) is 5.75 Å². The predicted octanol–water partition coefficient (Wildman–Crippen LogP) is 2.13. The third kappa shape index (κ3) is 1.82. The van der Waals surface area contributed by atoms with Gasteiger partial charge in [-0.2, -0.15) is 0 Å². The highest BCUT2D eigenvalue weighted by Gasteiger charge is 2.62. The van der Waals surface area contributed by atoms with Gasteiger partial charge in [-0.3, -0.25) is 14.9 Å². The molecular formula is C14H13Cl2NO3. The van der Waals surface area contributed by atoms with Crippen molar-refractivity contribution in [1.82, 2.24) is 5.32 Å². The van der Waals surface area contributed by atoms with Crippen LogP contribution in [0.3, 0.4) is 0 Å². The Kier molecular flexibility index (Phi) is 3.18. The minimum absolute atomic E-state index is 0.0819. The molecule has 1 aliphatic heterocycles. The van der Waals surface area contributed by atoms with Crippen molar-refractivity contribution in [3.05, 3.63) is 29.8 Å². The number of carbonyl (C=O) groups excluding carboxylic acids is 2. The summed E-state index contributed by atoms with van der Waals surface area (Å²) in [6.45, 7) is 0. The molecule has 1 aliphatic carbocycles. The summed E-state index contributed by atoms with van der Waals surface area (Å²) in [7, 11) is 0. The number of hydrogen-bond acceptors (Lipinski definition) is 3. The zero-order valence-electron chi connectivity index (χ0n) is 10.5. The highest BCUT2D eigenvalue weighted by Crippen LogP contribution is 2.53. The number of phenolic OH excluding ortho intramolecular Hbond substituents is 1. The summed E-state index contributed by atoms with van der Waals surface area (Å²) in [5.74, 6) is -1.83. The molecule has 2 aliphatic rings.